The minimum Gasteiger partial charge on any atom is -0.495 e. The predicted octanol–water partition coefficient (Wildman–Crippen LogP) is 0.834. The molecule has 0 aliphatic carbocycles. The highest BCUT2D eigenvalue weighted by Gasteiger charge is 2.14. The third-order valence-corrected chi connectivity index (χ3v) is 2.68. The zero-order valence-corrected chi connectivity index (χ0v) is 9.06. The number of hydrogen-bond acceptors (Lipinski definition) is 4. The summed E-state index contributed by atoms with van der Waals surface area (Å²) in [6.45, 7) is 2.29. The Bertz CT molecular complexity index is 312. The number of thiophene rings is 1. The maximum absolute atomic E-state index is 11.6. The van der Waals surface area contributed by atoms with Crippen molar-refractivity contribution in [3.05, 3.63) is 16.3 Å². The van der Waals surface area contributed by atoms with Gasteiger partial charge in [0.2, 0.25) is 0 Å². The Kier molecular flexibility index (Phi) is 3.91. The van der Waals surface area contributed by atoms with Crippen molar-refractivity contribution in [2.45, 2.75) is 13.0 Å². The van der Waals surface area contributed by atoms with E-state index < -0.39 is 0 Å². The van der Waals surface area contributed by atoms with Gasteiger partial charge in [-0.25, -0.2) is 0 Å². The number of carbonyl (C=O) groups excluding carboxylic acids is 1. The molecule has 0 bridgehead atoms. The molecule has 0 radical (unpaired) electrons. The van der Waals surface area contributed by atoms with Gasteiger partial charge in [0.05, 0.1) is 7.11 Å². The van der Waals surface area contributed by atoms with Crippen molar-refractivity contribution in [3.8, 4) is 5.75 Å². The van der Waals surface area contributed by atoms with Crippen LogP contribution in [0.3, 0.4) is 0 Å². The molecule has 0 saturated carbocycles. The summed E-state index contributed by atoms with van der Waals surface area (Å²) >= 11 is 1.36. The van der Waals surface area contributed by atoms with Gasteiger partial charge in [-0.1, -0.05) is 0 Å². The standard InChI is InChI=1S/C9H14N2O2S/c1-6(5-10)11-9(12)8-7(13-2)3-4-14-8/h3-4,6H,5,10H2,1-2H3,(H,11,12)/t6-/m0/s1. The molecule has 1 aromatic heterocycles. The Labute approximate surface area is 87.1 Å². The second kappa shape index (κ2) is 4.97. The van der Waals surface area contributed by atoms with Crippen molar-refractivity contribution in [1.29, 1.82) is 0 Å². The lowest BCUT2D eigenvalue weighted by atomic mass is 10.3. The van der Waals surface area contributed by atoms with E-state index in [1.54, 1.807) is 13.2 Å². The molecule has 1 aromatic rings. The van der Waals surface area contributed by atoms with Gasteiger partial charge in [-0.2, -0.15) is 0 Å². The summed E-state index contributed by atoms with van der Waals surface area (Å²) in [5.41, 5.74) is 5.40. The number of methoxy groups -OCH3 is 1. The van der Waals surface area contributed by atoms with Crippen molar-refractivity contribution < 1.29 is 9.53 Å². The van der Waals surface area contributed by atoms with Crippen LogP contribution in [0.5, 0.6) is 5.75 Å². The summed E-state index contributed by atoms with van der Waals surface area (Å²) in [4.78, 5) is 12.2. The van der Waals surface area contributed by atoms with Crippen molar-refractivity contribution in [2.75, 3.05) is 13.7 Å². The molecule has 0 saturated heterocycles. The van der Waals surface area contributed by atoms with E-state index in [1.165, 1.54) is 11.3 Å². The summed E-state index contributed by atoms with van der Waals surface area (Å²) in [5.74, 6) is 0.478. The predicted molar refractivity (Wildman–Crippen MR) is 56.9 cm³/mol. The van der Waals surface area contributed by atoms with Gasteiger partial charge in [0, 0.05) is 12.6 Å². The van der Waals surface area contributed by atoms with Crippen molar-refractivity contribution >= 4 is 17.2 Å². The first-order chi connectivity index (χ1) is 6.69. The minimum atomic E-state index is -0.130. The van der Waals surface area contributed by atoms with Crippen LogP contribution < -0.4 is 15.8 Å². The lowest BCUT2D eigenvalue weighted by Crippen LogP contribution is -2.37. The third-order valence-electron chi connectivity index (χ3n) is 1.79. The second-order valence-corrected chi connectivity index (χ2v) is 3.84. The Morgan fingerprint density at radius 3 is 3.07 bits per heavy atom. The van der Waals surface area contributed by atoms with Gasteiger partial charge < -0.3 is 15.8 Å². The Morgan fingerprint density at radius 1 is 1.79 bits per heavy atom. The number of ether oxygens (including phenoxy) is 1. The van der Waals surface area contributed by atoms with Crippen LogP contribution in [-0.2, 0) is 0 Å². The summed E-state index contributed by atoms with van der Waals surface area (Å²) in [7, 11) is 1.55. The van der Waals surface area contributed by atoms with Crippen LogP contribution in [-0.4, -0.2) is 25.6 Å². The van der Waals surface area contributed by atoms with Gasteiger partial charge in [-0.3, -0.25) is 4.79 Å². The molecule has 0 aliphatic heterocycles. The zero-order chi connectivity index (χ0) is 10.6. The first-order valence-corrected chi connectivity index (χ1v) is 5.19. The van der Waals surface area contributed by atoms with Crippen LogP contribution in [0.25, 0.3) is 0 Å². The molecule has 0 aliphatic rings. The molecule has 0 spiro atoms. The second-order valence-electron chi connectivity index (χ2n) is 2.93. The lowest BCUT2D eigenvalue weighted by molar-refractivity contribution is 0.0942. The third kappa shape index (κ3) is 2.46. The maximum atomic E-state index is 11.6. The molecule has 5 heteroatoms. The van der Waals surface area contributed by atoms with Crippen LogP contribution in [0.1, 0.15) is 16.6 Å². The van der Waals surface area contributed by atoms with E-state index in [0.717, 1.165) is 0 Å². The van der Waals surface area contributed by atoms with E-state index in [4.69, 9.17) is 10.5 Å². The highest BCUT2D eigenvalue weighted by atomic mass is 32.1. The molecule has 1 rings (SSSR count). The van der Waals surface area contributed by atoms with Gasteiger partial charge >= 0.3 is 0 Å². The highest BCUT2D eigenvalue weighted by molar-refractivity contribution is 7.12. The normalized spacial score (nSPS) is 12.2. The first-order valence-electron chi connectivity index (χ1n) is 4.31. The number of amides is 1. The van der Waals surface area contributed by atoms with Crippen molar-refractivity contribution in [2.24, 2.45) is 5.73 Å². The fourth-order valence-electron chi connectivity index (χ4n) is 0.972. The molecule has 3 N–H and O–H groups in total. The van der Waals surface area contributed by atoms with Crippen molar-refractivity contribution in [1.82, 2.24) is 5.32 Å². The van der Waals surface area contributed by atoms with E-state index in [-0.39, 0.29) is 11.9 Å². The molecule has 1 heterocycles. The van der Waals surface area contributed by atoms with Crippen LogP contribution in [0.15, 0.2) is 11.4 Å². The molecular weight excluding hydrogens is 200 g/mol. The van der Waals surface area contributed by atoms with Gasteiger partial charge in [0.1, 0.15) is 10.6 Å². The summed E-state index contributed by atoms with van der Waals surface area (Å²) in [5, 5.41) is 4.59. The monoisotopic (exact) mass is 214 g/mol. The summed E-state index contributed by atoms with van der Waals surface area (Å²) in [6, 6.07) is 1.75. The molecule has 14 heavy (non-hydrogen) atoms. The van der Waals surface area contributed by atoms with Crippen LogP contribution in [0, 0.1) is 0 Å². The van der Waals surface area contributed by atoms with E-state index >= 15 is 0 Å². The van der Waals surface area contributed by atoms with Gasteiger partial charge in [0.15, 0.2) is 0 Å². The molecular formula is C9H14N2O2S. The molecule has 78 valence electrons. The molecule has 0 aromatic carbocycles. The largest absolute Gasteiger partial charge is 0.495 e. The van der Waals surface area contributed by atoms with Gasteiger partial charge in [0.25, 0.3) is 5.91 Å². The topological polar surface area (TPSA) is 64.3 Å². The van der Waals surface area contributed by atoms with Crippen LogP contribution in [0.4, 0.5) is 0 Å². The Hall–Kier alpha value is -1.07. The Morgan fingerprint density at radius 2 is 2.50 bits per heavy atom. The molecule has 1 amide bonds. The Balaban J connectivity index is 2.69. The average Bonchev–Trinajstić information content (AvgIpc) is 2.65. The van der Waals surface area contributed by atoms with Gasteiger partial charge in [-0.15, -0.1) is 11.3 Å². The fourth-order valence-corrected chi connectivity index (χ4v) is 1.73. The average molecular weight is 214 g/mol. The maximum Gasteiger partial charge on any atom is 0.265 e. The van der Waals surface area contributed by atoms with E-state index in [9.17, 15) is 4.79 Å². The van der Waals surface area contributed by atoms with E-state index in [1.807, 2.05) is 12.3 Å². The first kappa shape index (κ1) is 11.0. The van der Waals surface area contributed by atoms with Crippen molar-refractivity contribution in [3.63, 3.8) is 0 Å². The molecule has 4 nitrogen and oxygen atoms in total. The smallest absolute Gasteiger partial charge is 0.265 e. The number of hydrogen-bond donors (Lipinski definition) is 2. The van der Waals surface area contributed by atoms with E-state index in [0.29, 0.717) is 17.2 Å². The number of rotatable bonds is 4. The van der Waals surface area contributed by atoms with Crippen LogP contribution in [0.2, 0.25) is 0 Å². The minimum absolute atomic E-state index is 0.0192. The number of carbonyl (C=O) groups is 1. The fraction of sp³-hybridized carbons (Fsp3) is 0.444. The van der Waals surface area contributed by atoms with Gasteiger partial charge in [-0.05, 0) is 18.4 Å². The summed E-state index contributed by atoms with van der Waals surface area (Å²) in [6.07, 6.45) is 0. The SMILES string of the molecule is COc1ccsc1C(=O)N[C@@H](C)CN. The quantitative estimate of drug-likeness (QED) is 0.780. The highest BCUT2D eigenvalue weighted by Crippen LogP contribution is 2.23. The summed E-state index contributed by atoms with van der Waals surface area (Å²) < 4.78 is 5.04. The molecule has 1 atom stereocenters. The number of nitrogens with one attached hydrogen (secondary N) is 1. The number of nitrogens with two attached hydrogens (primary N) is 1. The molecule has 0 fully saturated rings. The zero-order valence-electron chi connectivity index (χ0n) is 8.24. The lowest BCUT2D eigenvalue weighted by Gasteiger charge is -2.10. The van der Waals surface area contributed by atoms with Crippen LogP contribution >= 0.6 is 11.3 Å². The molecule has 0 unspecified atom stereocenters. The van der Waals surface area contributed by atoms with E-state index in [2.05, 4.69) is 5.32 Å².